The molecule has 6 nitrogen and oxygen atoms in total. The monoisotopic (exact) mass is 325 g/mol. The summed E-state index contributed by atoms with van der Waals surface area (Å²) in [6.07, 6.45) is 7.75. The second kappa shape index (κ2) is 6.73. The Balaban J connectivity index is 1.55. The van der Waals surface area contributed by atoms with Gasteiger partial charge in [-0.25, -0.2) is 0 Å². The number of likely N-dealkylation sites (tertiary alicyclic amines) is 1. The molecule has 0 aromatic carbocycles. The number of hydrogen-bond acceptors (Lipinski definition) is 4. The van der Waals surface area contributed by atoms with Crippen LogP contribution in [0.1, 0.15) is 24.1 Å². The Hall–Kier alpha value is -2.21. The summed E-state index contributed by atoms with van der Waals surface area (Å²) in [5, 5.41) is 4.43. The zero-order valence-electron chi connectivity index (χ0n) is 13.8. The van der Waals surface area contributed by atoms with E-state index in [9.17, 15) is 4.79 Å². The van der Waals surface area contributed by atoms with Gasteiger partial charge in [0.15, 0.2) is 0 Å². The van der Waals surface area contributed by atoms with E-state index in [4.69, 9.17) is 0 Å². The number of carbonyl (C=O) groups excluding carboxylic acids is 1. The first-order chi connectivity index (χ1) is 11.8. The summed E-state index contributed by atoms with van der Waals surface area (Å²) in [5.41, 5.74) is 2.41. The summed E-state index contributed by atoms with van der Waals surface area (Å²) in [5.74, 6) is 0.265. The first-order valence-corrected chi connectivity index (χ1v) is 8.70. The molecule has 24 heavy (non-hydrogen) atoms. The summed E-state index contributed by atoms with van der Waals surface area (Å²) in [7, 11) is 0. The van der Waals surface area contributed by atoms with E-state index in [2.05, 4.69) is 21.0 Å². The molecule has 2 aromatic heterocycles. The van der Waals surface area contributed by atoms with E-state index in [1.54, 1.807) is 0 Å². The Morgan fingerprint density at radius 3 is 2.67 bits per heavy atom. The Kier molecular flexibility index (Phi) is 4.30. The number of nitrogens with zero attached hydrogens (tertiary/aromatic N) is 5. The van der Waals surface area contributed by atoms with E-state index in [0.29, 0.717) is 6.54 Å². The molecule has 0 aliphatic carbocycles. The average Bonchev–Trinajstić information content (AvgIpc) is 3.24. The smallest absolute Gasteiger partial charge is 0.228 e. The lowest BCUT2D eigenvalue weighted by Crippen LogP contribution is -2.40. The van der Waals surface area contributed by atoms with Crippen molar-refractivity contribution in [3.63, 3.8) is 0 Å². The Labute approximate surface area is 142 Å². The van der Waals surface area contributed by atoms with E-state index in [1.165, 1.54) is 11.3 Å². The van der Waals surface area contributed by atoms with Gasteiger partial charge in [-0.05, 0) is 36.6 Å². The maximum atomic E-state index is 12.9. The van der Waals surface area contributed by atoms with Crippen molar-refractivity contribution in [1.29, 1.82) is 0 Å². The summed E-state index contributed by atoms with van der Waals surface area (Å²) in [6.45, 7) is 4.94. The number of amides is 1. The van der Waals surface area contributed by atoms with Gasteiger partial charge in [0.1, 0.15) is 0 Å². The van der Waals surface area contributed by atoms with Crippen LogP contribution in [0.5, 0.6) is 0 Å². The molecule has 0 saturated carbocycles. The zero-order valence-corrected chi connectivity index (χ0v) is 13.8. The molecule has 1 fully saturated rings. The topological polar surface area (TPSA) is 54.3 Å². The molecule has 2 aliphatic heterocycles. The number of pyridine rings is 1. The van der Waals surface area contributed by atoms with Crippen LogP contribution in [0, 0.1) is 5.92 Å². The molecule has 4 rings (SSSR count). The van der Waals surface area contributed by atoms with Crippen molar-refractivity contribution >= 4 is 5.91 Å². The second-order valence-electron chi connectivity index (χ2n) is 6.76. The lowest BCUT2D eigenvalue weighted by molar-refractivity contribution is -0.135. The molecule has 126 valence electrons. The minimum Gasteiger partial charge on any atom is -0.342 e. The number of rotatable bonds is 3. The minimum atomic E-state index is -0.0221. The fourth-order valence-corrected chi connectivity index (χ4v) is 3.75. The van der Waals surface area contributed by atoms with Gasteiger partial charge in [-0.15, -0.1) is 0 Å². The van der Waals surface area contributed by atoms with Crippen LogP contribution in [0.25, 0.3) is 0 Å². The molecular weight excluding hydrogens is 302 g/mol. The highest BCUT2D eigenvalue weighted by Gasteiger charge is 2.31. The number of carbonyl (C=O) groups is 1. The van der Waals surface area contributed by atoms with Crippen LogP contribution in [0.2, 0.25) is 0 Å². The van der Waals surface area contributed by atoms with Gasteiger partial charge in [-0.1, -0.05) is 0 Å². The summed E-state index contributed by atoms with van der Waals surface area (Å²) in [4.78, 5) is 21.4. The fraction of sp³-hybridized carbons (Fsp3) is 0.500. The number of aromatic nitrogens is 3. The molecule has 2 aromatic rings. The highest BCUT2D eigenvalue weighted by molar-refractivity contribution is 5.79. The van der Waals surface area contributed by atoms with Crippen molar-refractivity contribution in [2.24, 2.45) is 5.92 Å². The van der Waals surface area contributed by atoms with E-state index in [0.717, 1.165) is 45.6 Å². The second-order valence-corrected chi connectivity index (χ2v) is 6.76. The summed E-state index contributed by atoms with van der Waals surface area (Å²) in [6, 6.07) is 6.14. The molecule has 1 saturated heterocycles. The highest BCUT2D eigenvalue weighted by atomic mass is 16.2. The molecule has 2 aliphatic rings. The predicted molar refractivity (Wildman–Crippen MR) is 89.9 cm³/mol. The molecule has 6 heteroatoms. The van der Waals surface area contributed by atoms with Crippen molar-refractivity contribution in [1.82, 2.24) is 24.6 Å². The Morgan fingerprint density at radius 1 is 1.08 bits per heavy atom. The van der Waals surface area contributed by atoms with Gasteiger partial charge in [-0.3, -0.25) is 19.4 Å². The third-order valence-electron chi connectivity index (χ3n) is 4.98. The van der Waals surface area contributed by atoms with Crippen LogP contribution in [-0.4, -0.2) is 50.1 Å². The van der Waals surface area contributed by atoms with Gasteiger partial charge >= 0.3 is 0 Å². The van der Waals surface area contributed by atoms with Gasteiger partial charge in [0.2, 0.25) is 5.91 Å². The molecule has 0 N–H and O–H groups in total. The van der Waals surface area contributed by atoms with Crippen LogP contribution in [0.15, 0.2) is 36.8 Å². The number of fused-ring (bicyclic) bond motifs is 1. The molecule has 1 atom stereocenters. The first kappa shape index (κ1) is 15.3. The molecule has 1 unspecified atom stereocenters. The molecule has 0 radical (unpaired) electrons. The van der Waals surface area contributed by atoms with Crippen molar-refractivity contribution in [3.8, 4) is 0 Å². The summed E-state index contributed by atoms with van der Waals surface area (Å²) < 4.78 is 2.01. The van der Waals surface area contributed by atoms with Crippen LogP contribution < -0.4 is 0 Å². The van der Waals surface area contributed by atoms with Crippen LogP contribution in [0.4, 0.5) is 0 Å². The molecular formula is C18H23N5O. The third kappa shape index (κ3) is 3.19. The van der Waals surface area contributed by atoms with Gasteiger partial charge in [0.25, 0.3) is 0 Å². The molecule has 0 spiro atoms. The largest absolute Gasteiger partial charge is 0.342 e. The molecule has 0 bridgehead atoms. The van der Waals surface area contributed by atoms with E-state index in [1.807, 2.05) is 40.3 Å². The van der Waals surface area contributed by atoms with Crippen LogP contribution in [0.3, 0.4) is 0 Å². The van der Waals surface area contributed by atoms with E-state index < -0.39 is 0 Å². The van der Waals surface area contributed by atoms with Gasteiger partial charge < -0.3 is 4.90 Å². The third-order valence-corrected chi connectivity index (χ3v) is 4.98. The van der Waals surface area contributed by atoms with Gasteiger partial charge in [0.05, 0.1) is 18.2 Å². The Morgan fingerprint density at radius 2 is 1.88 bits per heavy atom. The summed E-state index contributed by atoms with van der Waals surface area (Å²) >= 11 is 0. The van der Waals surface area contributed by atoms with E-state index in [-0.39, 0.29) is 11.8 Å². The fourth-order valence-electron chi connectivity index (χ4n) is 3.75. The quantitative estimate of drug-likeness (QED) is 0.859. The van der Waals surface area contributed by atoms with Gasteiger partial charge in [0, 0.05) is 51.3 Å². The molecule has 1 amide bonds. The zero-order chi connectivity index (χ0) is 16.4. The van der Waals surface area contributed by atoms with Gasteiger partial charge in [-0.2, -0.15) is 5.10 Å². The number of hydrogen-bond donors (Lipinski definition) is 0. The normalized spacial score (nSPS) is 21.5. The Bertz CT molecular complexity index is 692. The first-order valence-electron chi connectivity index (χ1n) is 8.70. The average molecular weight is 325 g/mol. The highest BCUT2D eigenvalue weighted by Crippen LogP contribution is 2.21. The van der Waals surface area contributed by atoms with Crippen molar-refractivity contribution in [2.45, 2.75) is 32.5 Å². The van der Waals surface area contributed by atoms with Crippen LogP contribution >= 0.6 is 0 Å². The maximum Gasteiger partial charge on any atom is 0.228 e. The van der Waals surface area contributed by atoms with Crippen molar-refractivity contribution in [2.75, 3.05) is 19.6 Å². The lowest BCUT2D eigenvalue weighted by Gasteiger charge is -2.26. The lowest BCUT2D eigenvalue weighted by atomic mass is 10.1. The van der Waals surface area contributed by atoms with Crippen LogP contribution in [-0.2, 0) is 24.4 Å². The van der Waals surface area contributed by atoms with Crippen molar-refractivity contribution < 1.29 is 4.79 Å². The maximum absolute atomic E-state index is 12.9. The SMILES string of the molecule is O=C(C1CN(Cc2ccncc2)Cc2ccnn2C1)N1CCCC1. The van der Waals surface area contributed by atoms with E-state index >= 15 is 0 Å². The predicted octanol–water partition coefficient (Wildman–Crippen LogP) is 1.53. The van der Waals surface area contributed by atoms with Crippen molar-refractivity contribution in [3.05, 3.63) is 48.0 Å². The minimum absolute atomic E-state index is 0.0221. The molecule has 4 heterocycles. The standard InChI is InChI=1S/C18H23N5O/c24-18(22-9-1-2-10-22)16-12-21(11-15-3-6-19-7-4-15)14-17-5-8-20-23(17)13-16/h3-8,16H,1-2,9-14H2.